The third kappa shape index (κ3) is 34.9. The fraction of sp³-hybridized carbons (Fsp3) is 0.974. The highest BCUT2D eigenvalue weighted by Crippen LogP contribution is 2.36. The van der Waals surface area contributed by atoms with Crippen molar-refractivity contribution in [1.29, 1.82) is 0 Å². The van der Waals surface area contributed by atoms with Gasteiger partial charge in [-0.2, -0.15) is 0 Å². The lowest BCUT2D eigenvalue weighted by Gasteiger charge is -2.24. The summed E-state index contributed by atoms with van der Waals surface area (Å²) in [6.45, 7) is 4.12. The highest BCUT2D eigenvalue weighted by Gasteiger charge is 2.25. The molecule has 0 aliphatic carbocycles. The number of unbranched alkanes of at least 4 members (excludes halogenated alkanes) is 28. The van der Waals surface area contributed by atoms with Crippen LogP contribution in [-0.2, 0) is 13.9 Å². The summed E-state index contributed by atoms with van der Waals surface area (Å²) in [6.07, 6.45) is 38.0. The van der Waals surface area contributed by atoms with Crippen LogP contribution < -0.4 is 5.32 Å². The van der Waals surface area contributed by atoms with Crippen LogP contribution in [0.5, 0.6) is 0 Å². The smallest absolute Gasteiger partial charge is 0.391 e. The molecule has 0 bridgehead atoms. The maximum absolute atomic E-state index is 12.6. The number of phosphoric acid groups is 1. The zero-order chi connectivity index (χ0) is 34.0. The van der Waals surface area contributed by atoms with Gasteiger partial charge in [-0.3, -0.25) is 9.32 Å². The van der Waals surface area contributed by atoms with Gasteiger partial charge in [0.2, 0.25) is 5.91 Å². The maximum Gasteiger partial charge on any atom is 0.469 e. The first-order chi connectivity index (χ1) is 22.3. The molecule has 0 radical (unpaired) electrons. The van der Waals surface area contributed by atoms with E-state index in [-0.39, 0.29) is 5.91 Å². The number of nitrogens with one attached hydrogen (secondary N) is 1. The lowest BCUT2D eigenvalue weighted by Crippen LogP contribution is -2.46. The molecule has 0 spiro atoms. The molecule has 7 nitrogen and oxygen atoms in total. The van der Waals surface area contributed by atoms with Crippen LogP contribution in [-0.4, -0.2) is 39.6 Å². The second kappa shape index (κ2) is 34.4. The molecule has 0 aromatic rings. The van der Waals surface area contributed by atoms with E-state index in [0.717, 1.165) is 38.5 Å². The van der Waals surface area contributed by atoms with E-state index in [2.05, 4.69) is 23.7 Å². The van der Waals surface area contributed by atoms with Crippen molar-refractivity contribution in [3.8, 4) is 0 Å². The summed E-state index contributed by atoms with van der Waals surface area (Å²) in [5.41, 5.74) is 0. The van der Waals surface area contributed by atoms with Gasteiger partial charge < -0.3 is 20.2 Å². The first-order valence-corrected chi connectivity index (χ1v) is 21.5. The molecule has 0 aromatic heterocycles. The lowest BCUT2D eigenvalue weighted by molar-refractivity contribution is -0.123. The second-order valence-corrected chi connectivity index (χ2v) is 15.2. The SMILES string of the molecule is CCCCCCCCCCCCCCCCCCCCC(=O)N[C@@H](COP(=O)(O)O)[C@H](O)CCCCCCCCCCCCCC. The highest BCUT2D eigenvalue weighted by atomic mass is 31.2. The summed E-state index contributed by atoms with van der Waals surface area (Å²) in [7, 11) is -4.68. The average Bonchev–Trinajstić information content (AvgIpc) is 3.02. The Hall–Kier alpha value is -0.460. The van der Waals surface area contributed by atoms with Gasteiger partial charge >= 0.3 is 7.82 Å². The van der Waals surface area contributed by atoms with Crippen molar-refractivity contribution in [3.05, 3.63) is 0 Å². The van der Waals surface area contributed by atoms with E-state index in [9.17, 15) is 14.5 Å². The molecule has 0 aromatic carbocycles. The van der Waals surface area contributed by atoms with E-state index in [1.807, 2.05) is 0 Å². The number of phosphoric ester groups is 1. The third-order valence-electron chi connectivity index (χ3n) is 9.34. The summed E-state index contributed by atoms with van der Waals surface area (Å²) in [5.74, 6) is -0.190. The van der Waals surface area contributed by atoms with Crippen molar-refractivity contribution in [2.75, 3.05) is 6.61 Å². The van der Waals surface area contributed by atoms with Crippen molar-refractivity contribution in [3.63, 3.8) is 0 Å². The van der Waals surface area contributed by atoms with Crippen LogP contribution >= 0.6 is 7.82 Å². The summed E-state index contributed by atoms with van der Waals surface area (Å²) in [5, 5.41) is 13.5. The van der Waals surface area contributed by atoms with Crippen molar-refractivity contribution >= 4 is 13.7 Å². The number of aliphatic hydroxyl groups is 1. The van der Waals surface area contributed by atoms with Crippen LogP contribution in [0.15, 0.2) is 0 Å². The quantitative estimate of drug-likeness (QED) is 0.0385. The van der Waals surface area contributed by atoms with Crippen LogP contribution in [0, 0.1) is 0 Å². The van der Waals surface area contributed by atoms with E-state index in [0.29, 0.717) is 12.8 Å². The Kier molecular flexibility index (Phi) is 34.1. The molecule has 4 N–H and O–H groups in total. The molecule has 2 atom stereocenters. The molecule has 1 amide bonds. The Bertz CT molecular complexity index is 688. The summed E-state index contributed by atoms with van der Waals surface area (Å²) < 4.78 is 15.9. The number of hydrogen-bond acceptors (Lipinski definition) is 4. The number of amides is 1. The predicted octanol–water partition coefficient (Wildman–Crippen LogP) is 11.5. The normalized spacial score (nSPS) is 13.2. The molecular formula is C38H78NO6P. The van der Waals surface area contributed by atoms with E-state index in [1.165, 1.54) is 154 Å². The lowest BCUT2D eigenvalue weighted by atomic mass is 10.0. The minimum Gasteiger partial charge on any atom is -0.391 e. The molecule has 0 rings (SSSR count). The average molecular weight is 676 g/mol. The Labute approximate surface area is 285 Å². The molecular weight excluding hydrogens is 597 g/mol. The minimum atomic E-state index is -4.68. The van der Waals surface area contributed by atoms with Crippen LogP contribution in [0.1, 0.15) is 219 Å². The van der Waals surface area contributed by atoms with Crippen molar-refractivity contribution in [1.82, 2.24) is 5.32 Å². The molecule has 0 aliphatic rings. The van der Waals surface area contributed by atoms with Crippen molar-refractivity contribution in [2.45, 2.75) is 231 Å². The topological polar surface area (TPSA) is 116 Å². The Morgan fingerprint density at radius 2 is 0.848 bits per heavy atom. The fourth-order valence-electron chi connectivity index (χ4n) is 6.29. The minimum absolute atomic E-state index is 0.190. The van der Waals surface area contributed by atoms with E-state index >= 15 is 0 Å². The second-order valence-electron chi connectivity index (χ2n) is 14.0. The number of aliphatic hydroxyl groups excluding tert-OH is 1. The Morgan fingerprint density at radius 3 is 1.17 bits per heavy atom. The van der Waals surface area contributed by atoms with Crippen molar-refractivity contribution < 1.29 is 28.8 Å². The van der Waals surface area contributed by atoms with Crippen LogP contribution in [0.3, 0.4) is 0 Å². The maximum atomic E-state index is 12.6. The van der Waals surface area contributed by atoms with Gasteiger partial charge in [-0.25, -0.2) is 4.57 Å². The van der Waals surface area contributed by atoms with Crippen molar-refractivity contribution in [2.24, 2.45) is 0 Å². The summed E-state index contributed by atoms with van der Waals surface area (Å²) >= 11 is 0. The van der Waals surface area contributed by atoms with Gasteiger partial charge in [0, 0.05) is 6.42 Å². The number of hydrogen-bond donors (Lipinski definition) is 4. The van der Waals surface area contributed by atoms with E-state index in [4.69, 9.17) is 9.79 Å². The zero-order valence-electron chi connectivity index (χ0n) is 30.5. The summed E-state index contributed by atoms with van der Waals surface area (Å²) in [6, 6.07) is -0.816. The highest BCUT2D eigenvalue weighted by molar-refractivity contribution is 7.46. The Morgan fingerprint density at radius 1 is 0.543 bits per heavy atom. The monoisotopic (exact) mass is 676 g/mol. The van der Waals surface area contributed by atoms with E-state index in [1.54, 1.807) is 0 Å². The van der Waals surface area contributed by atoms with Gasteiger partial charge in [0.05, 0.1) is 18.8 Å². The molecule has 46 heavy (non-hydrogen) atoms. The van der Waals surface area contributed by atoms with Gasteiger partial charge in [0.25, 0.3) is 0 Å². The predicted molar refractivity (Wildman–Crippen MR) is 195 cm³/mol. The van der Waals surface area contributed by atoms with Gasteiger partial charge in [-0.05, 0) is 12.8 Å². The number of carbonyl (C=O) groups excluding carboxylic acids is 1. The first-order valence-electron chi connectivity index (χ1n) is 20.0. The molecule has 0 saturated heterocycles. The largest absolute Gasteiger partial charge is 0.469 e. The van der Waals surface area contributed by atoms with E-state index < -0.39 is 26.6 Å². The van der Waals surface area contributed by atoms with Crippen LogP contribution in [0.25, 0.3) is 0 Å². The van der Waals surface area contributed by atoms with Gasteiger partial charge in [0.15, 0.2) is 0 Å². The molecule has 0 saturated carbocycles. The van der Waals surface area contributed by atoms with Crippen LogP contribution in [0.4, 0.5) is 0 Å². The molecule has 0 aliphatic heterocycles. The summed E-state index contributed by atoms with van der Waals surface area (Å²) in [4.78, 5) is 30.8. The zero-order valence-corrected chi connectivity index (χ0v) is 31.4. The first kappa shape index (κ1) is 45.5. The molecule has 0 unspecified atom stereocenters. The standard InChI is InChI=1S/C38H78NO6P/c1-3-5-7-9-11-13-15-17-18-19-20-21-22-24-26-28-30-32-34-38(41)39-36(35-45-46(42,43)44)37(40)33-31-29-27-25-23-16-14-12-10-8-6-4-2/h36-37,40H,3-35H2,1-2H3,(H,39,41)(H2,42,43,44)/t36-,37+/m0/s1. The molecule has 276 valence electrons. The Balaban J connectivity index is 3.88. The van der Waals surface area contributed by atoms with Crippen LogP contribution in [0.2, 0.25) is 0 Å². The van der Waals surface area contributed by atoms with Gasteiger partial charge in [-0.15, -0.1) is 0 Å². The molecule has 0 fully saturated rings. The fourth-order valence-corrected chi connectivity index (χ4v) is 6.64. The third-order valence-corrected chi connectivity index (χ3v) is 9.83. The molecule has 8 heteroatoms. The van der Waals surface area contributed by atoms with Gasteiger partial charge in [-0.1, -0.05) is 200 Å². The molecule has 0 heterocycles. The number of carbonyl (C=O) groups is 1. The number of rotatable bonds is 37. The van der Waals surface area contributed by atoms with Gasteiger partial charge in [0.1, 0.15) is 0 Å².